The quantitative estimate of drug-likeness (QED) is 0.629. The van der Waals surface area contributed by atoms with Crippen LogP contribution in [0.3, 0.4) is 0 Å². The summed E-state index contributed by atoms with van der Waals surface area (Å²) in [5, 5.41) is 5.43. The van der Waals surface area contributed by atoms with Crippen molar-refractivity contribution in [1.82, 2.24) is 0 Å². The van der Waals surface area contributed by atoms with Crippen LogP contribution in [-0.4, -0.2) is 18.4 Å². The topological polar surface area (TPSA) is 80.6 Å². The molecule has 3 aromatic rings. The van der Waals surface area contributed by atoms with Gasteiger partial charge in [0, 0.05) is 15.8 Å². The highest BCUT2D eigenvalue weighted by atomic mass is 79.9. The monoisotopic (exact) mass is 414 g/mol. The lowest BCUT2D eigenvalue weighted by atomic mass is 10.2. The van der Waals surface area contributed by atoms with Crippen molar-refractivity contribution >= 4 is 39.1 Å². The number of benzene rings is 2. The van der Waals surface area contributed by atoms with Crippen LogP contribution in [0.5, 0.6) is 5.75 Å². The van der Waals surface area contributed by atoms with Crippen LogP contribution in [0, 0.1) is 0 Å². The molecule has 0 aliphatic rings. The Morgan fingerprint density at radius 2 is 1.58 bits per heavy atom. The SMILES string of the molecule is O=C(COc1ccc(Br)cc1)Nc1ccc(NC(=O)c2ccco2)cc1. The fraction of sp³-hybridized carbons (Fsp3) is 0.0526. The van der Waals surface area contributed by atoms with E-state index in [-0.39, 0.29) is 24.2 Å². The highest BCUT2D eigenvalue weighted by molar-refractivity contribution is 9.10. The molecule has 0 saturated heterocycles. The molecule has 1 heterocycles. The summed E-state index contributed by atoms with van der Waals surface area (Å²) in [6, 6.07) is 17.2. The second-order valence-electron chi connectivity index (χ2n) is 5.30. The molecule has 2 amide bonds. The maximum atomic E-state index is 11.9. The highest BCUT2D eigenvalue weighted by Crippen LogP contribution is 2.17. The van der Waals surface area contributed by atoms with Crippen LogP contribution < -0.4 is 15.4 Å². The minimum absolute atomic E-state index is 0.0986. The van der Waals surface area contributed by atoms with E-state index in [1.54, 1.807) is 48.5 Å². The number of rotatable bonds is 6. The number of ether oxygens (including phenoxy) is 1. The number of hydrogen-bond donors (Lipinski definition) is 2. The van der Waals surface area contributed by atoms with Gasteiger partial charge in [0.05, 0.1) is 6.26 Å². The Labute approximate surface area is 158 Å². The van der Waals surface area contributed by atoms with Crippen molar-refractivity contribution in [3.8, 4) is 5.75 Å². The predicted molar refractivity (Wildman–Crippen MR) is 101 cm³/mol. The maximum Gasteiger partial charge on any atom is 0.291 e. The number of halogens is 1. The Hall–Kier alpha value is -3.06. The number of nitrogens with one attached hydrogen (secondary N) is 2. The van der Waals surface area contributed by atoms with E-state index in [1.807, 2.05) is 12.1 Å². The Balaban J connectivity index is 1.49. The fourth-order valence-electron chi connectivity index (χ4n) is 2.11. The second kappa shape index (κ2) is 8.35. The van der Waals surface area contributed by atoms with E-state index < -0.39 is 0 Å². The van der Waals surface area contributed by atoms with E-state index in [0.717, 1.165) is 4.47 Å². The van der Waals surface area contributed by atoms with E-state index in [4.69, 9.17) is 9.15 Å². The summed E-state index contributed by atoms with van der Waals surface area (Å²) >= 11 is 3.34. The molecule has 132 valence electrons. The molecule has 0 radical (unpaired) electrons. The van der Waals surface area contributed by atoms with Crippen molar-refractivity contribution in [2.45, 2.75) is 0 Å². The predicted octanol–water partition coefficient (Wildman–Crippen LogP) is 4.31. The van der Waals surface area contributed by atoms with E-state index in [1.165, 1.54) is 6.26 Å². The lowest BCUT2D eigenvalue weighted by molar-refractivity contribution is -0.118. The summed E-state index contributed by atoms with van der Waals surface area (Å²) in [6.07, 6.45) is 1.43. The van der Waals surface area contributed by atoms with Crippen molar-refractivity contribution in [2.75, 3.05) is 17.2 Å². The molecule has 0 unspecified atom stereocenters. The molecule has 0 aliphatic heterocycles. The zero-order valence-corrected chi connectivity index (χ0v) is 15.2. The van der Waals surface area contributed by atoms with E-state index in [2.05, 4.69) is 26.6 Å². The van der Waals surface area contributed by atoms with Gasteiger partial charge in [-0.1, -0.05) is 15.9 Å². The largest absolute Gasteiger partial charge is 0.484 e. The van der Waals surface area contributed by atoms with Crippen LogP contribution in [0.1, 0.15) is 10.6 Å². The van der Waals surface area contributed by atoms with Gasteiger partial charge in [-0.2, -0.15) is 0 Å². The van der Waals surface area contributed by atoms with E-state index in [0.29, 0.717) is 17.1 Å². The molecule has 2 aromatic carbocycles. The van der Waals surface area contributed by atoms with Gasteiger partial charge in [-0.3, -0.25) is 9.59 Å². The van der Waals surface area contributed by atoms with Crippen molar-refractivity contribution in [2.24, 2.45) is 0 Å². The summed E-state index contributed by atoms with van der Waals surface area (Å²) in [5.74, 6) is 0.224. The second-order valence-corrected chi connectivity index (χ2v) is 6.22. The van der Waals surface area contributed by atoms with Crippen LogP contribution in [0.2, 0.25) is 0 Å². The smallest absolute Gasteiger partial charge is 0.291 e. The Morgan fingerprint density at radius 3 is 2.19 bits per heavy atom. The highest BCUT2D eigenvalue weighted by Gasteiger charge is 2.09. The van der Waals surface area contributed by atoms with Crippen molar-refractivity contribution in [1.29, 1.82) is 0 Å². The molecule has 26 heavy (non-hydrogen) atoms. The molecule has 0 fully saturated rings. The fourth-order valence-corrected chi connectivity index (χ4v) is 2.38. The van der Waals surface area contributed by atoms with E-state index in [9.17, 15) is 9.59 Å². The first-order valence-corrected chi connectivity index (χ1v) is 8.52. The van der Waals surface area contributed by atoms with Crippen LogP contribution in [0.15, 0.2) is 75.8 Å². The molecule has 0 atom stereocenters. The van der Waals surface area contributed by atoms with E-state index >= 15 is 0 Å². The number of carbonyl (C=O) groups is 2. The molecule has 3 rings (SSSR count). The molecule has 1 aromatic heterocycles. The van der Waals surface area contributed by atoms with Gasteiger partial charge < -0.3 is 19.8 Å². The molecule has 0 bridgehead atoms. The first-order chi connectivity index (χ1) is 12.6. The third kappa shape index (κ3) is 4.97. The first kappa shape index (κ1) is 17.8. The van der Waals surface area contributed by atoms with Gasteiger partial charge in [0.25, 0.3) is 11.8 Å². The molecular formula is C19H15BrN2O4. The molecule has 7 heteroatoms. The summed E-state index contributed by atoms with van der Waals surface area (Å²) in [4.78, 5) is 23.8. The minimum Gasteiger partial charge on any atom is -0.484 e. The van der Waals surface area contributed by atoms with Crippen LogP contribution in [-0.2, 0) is 4.79 Å². The average Bonchev–Trinajstić information content (AvgIpc) is 3.18. The zero-order valence-electron chi connectivity index (χ0n) is 13.6. The van der Waals surface area contributed by atoms with Gasteiger partial charge in [0.2, 0.25) is 0 Å². The Kier molecular flexibility index (Phi) is 5.70. The maximum absolute atomic E-state index is 11.9. The lowest BCUT2D eigenvalue weighted by Crippen LogP contribution is -2.20. The third-order valence-electron chi connectivity index (χ3n) is 3.36. The van der Waals surface area contributed by atoms with Crippen molar-refractivity contribution < 1.29 is 18.7 Å². The minimum atomic E-state index is -0.338. The summed E-state index contributed by atoms with van der Waals surface area (Å²) in [6.45, 7) is -0.0986. The molecule has 0 aliphatic carbocycles. The zero-order chi connectivity index (χ0) is 18.4. The number of carbonyl (C=O) groups excluding carboxylic acids is 2. The van der Waals surface area contributed by atoms with Crippen molar-refractivity contribution in [3.63, 3.8) is 0 Å². The van der Waals surface area contributed by atoms with Gasteiger partial charge in [-0.15, -0.1) is 0 Å². The van der Waals surface area contributed by atoms with Gasteiger partial charge in [-0.05, 0) is 60.7 Å². The molecule has 2 N–H and O–H groups in total. The van der Waals surface area contributed by atoms with Crippen LogP contribution >= 0.6 is 15.9 Å². The Bertz CT molecular complexity index is 875. The number of anilines is 2. The number of hydrogen-bond acceptors (Lipinski definition) is 4. The first-order valence-electron chi connectivity index (χ1n) is 7.73. The number of amides is 2. The lowest BCUT2D eigenvalue weighted by Gasteiger charge is -2.09. The van der Waals surface area contributed by atoms with Crippen LogP contribution in [0.4, 0.5) is 11.4 Å². The summed E-state index contributed by atoms with van der Waals surface area (Å²) in [5.41, 5.74) is 1.20. The normalized spacial score (nSPS) is 10.2. The standard InChI is InChI=1S/C19H15BrN2O4/c20-13-3-9-16(10-4-13)26-12-18(23)21-14-5-7-15(8-6-14)22-19(24)17-2-1-11-25-17/h1-11H,12H2,(H,21,23)(H,22,24). The third-order valence-corrected chi connectivity index (χ3v) is 3.88. The number of furan rings is 1. The molecule has 6 nitrogen and oxygen atoms in total. The molecule has 0 spiro atoms. The molecule has 0 saturated carbocycles. The van der Waals surface area contributed by atoms with Crippen molar-refractivity contribution in [3.05, 3.63) is 77.2 Å². The van der Waals surface area contributed by atoms with Gasteiger partial charge in [-0.25, -0.2) is 0 Å². The molecular weight excluding hydrogens is 400 g/mol. The van der Waals surface area contributed by atoms with Gasteiger partial charge in [0.1, 0.15) is 5.75 Å². The Morgan fingerprint density at radius 1 is 0.923 bits per heavy atom. The van der Waals surface area contributed by atoms with Gasteiger partial charge >= 0.3 is 0 Å². The summed E-state index contributed by atoms with van der Waals surface area (Å²) < 4.78 is 11.4. The van der Waals surface area contributed by atoms with Gasteiger partial charge in [0.15, 0.2) is 12.4 Å². The summed E-state index contributed by atoms with van der Waals surface area (Å²) in [7, 11) is 0. The average molecular weight is 415 g/mol. The van der Waals surface area contributed by atoms with Crippen LogP contribution in [0.25, 0.3) is 0 Å².